The number of methoxy groups -OCH3 is 1. The lowest BCUT2D eigenvalue weighted by Gasteiger charge is -2.40. The lowest BCUT2D eigenvalue weighted by atomic mass is 9.95. The van der Waals surface area contributed by atoms with E-state index in [1.807, 2.05) is 49.3 Å². The molecule has 35 heavy (non-hydrogen) atoms. The van der Waals surface area contributed by atoms with Crippen LogP contribution in [0.15, 0.2) is 48.7 Å². The van der Waals surface area contributed by atoms with Crippen molar-refractivity contribution in [1.29, 1.82) is 0 Å². The van der Waals surface area contributed by atoms with E-state index in [0.29, 0.717) is 27.7 Å². The van der Waals surface area contributed by atoms with E-state index in [-0.39, 0.29) is 5.75 Å². The number of hydrogen-bond donors (Lipinski definition) is 1. The Balaban J connectivity index is 1.19. The van der Waals surface area contributed by atoms with Crippen molar-refractivity contribution in [3.8, 4) is 33.9 Å². The molecule has 1 N–H and O–H groups in total. The van der Waals surface area contributed by atoms with Crippen molar-refractivity contribution in [3.63, 3.8) is 0 Å². The number of aromatic hydroxyl groups is 1. The molecule has 8 heteroatoms. The van der Waals surface area contributed by atoms with Gasteiger partial charge in [0.05, 0.1) is 18.5 Å². The van der Waals surface area contributed by atoms with Crippen LogP contribution in [-0.4, -0.2) is 67.7 Å². The van der Waals surface area contributed by atoms with Crippen LogP contribution in [0.1, 0.15) is 24.5 Å². The standard InChI is InChI=1S/C27H29N5O2S/c1-31-13-19-10-18(12-25(34-2)26(19)30-31)17-4-5-21(24(33)11-17)23-7-6-22(28-29-23)20-14-32(15-20)16-27(35-3)8-9-27/h4-7,10-13,20,33H,8-9,14-16H2,1-3H3. The largest absolute Gasteiger partial charge is 0.507 e. The predicted molar refractivity (Wildman–Crippen MR) is 140 cm³/mol. The van der Waals surface area contributed by atoms with Crippen molar-refractivity contribution in [2.24, 2.45) is 7.05 Å². The molecule has 2 fully saturated rings. The molecule has 2 aromatic heterocycles. The number of aromatic nitrogens is 4. The lowest BCUT2D eigenvalue weighted by molar-refractivity contribution is 0.143. The Morgan fingerprint density at radius 1 is 1.09 bits per heavy atom. The Labute approximate surface area is 209 Å². The van der Waals surface area contributed by atoms with Crippen molar-refractivity contribution in [3.05, 3.63) is 54.4 Å². The van der Waals surface area contributed by atoms with Gasteiger partial charge in [0.2, 0.25) is 0 Å². The van der Waals surface area contributed by atoms with Crippen molar-refractivity contribution in [2.75, 3.05) is 33.0 Å². The highest BCUT2D eigenvalue weighted by molar-refractivity contribution is 8.00. The van der Waals surface area contributed by atoms with E-state index < -0.39 is 0 Å². The van der Waals surface area contributed by atoms with Gasteiger partial charge in [-0.05, 0) is 66.6 Å². The third-order valence-corrected chi connectivity index (χ3v) is 8.73. The predicted octanol–water partition coefficient (Wildman–Crippen LogP) is 4.71. The molecule has 2 aromatic carbocycles. The highest BCUT2D eigenvalue weighted by Crippen LogP contribution is 2.48. The molecule has 1 saturated carbocycles. The first-order valence-electron chi connectivity index (χ1n) is 11.9. The van der Waals surface area contributed by atoms with Crippen molar-refractivity contribution < 1.29 is 9.84 Å². The Bertz CT molecular complexity index is 1390. The minimum Gasteiger partial charge on any atom is -0.507 e. The van der Waals surface area contributed by atoms with Gasteiger partial charge in [0, 0.05) is 54.5 Å². The van der Waals surface area contributed by atoms with Crippen molar-refractivity contribution >= 4 is 22.7 Å². The van der Waals surface area contributed by atoms with Gasteiger partial charge in [-0.2, -0.15) is 27.1 Å². The summed E-state index contributed by atoms with van der Waals surface area (Å²) in [6, 6.07) is 13.7. The van der Waals surface area contributed by atoms with Crippen LogP contribution >= 0.6 is 11.8 Å². The molecule has 1 saturated heterocycles. The second-order valence-corrected chi connectivity index (χ2v) is 11.0. The Morgan fingerprint density at radius 2 is 1.91 bits per heavy atom. The molecule has 0 atom stereocenters. The molecule has 1 aliphatic heterocycles. The van der Waals surface area contributed by atoms with E-state index in [4.69, 9.17) is 4.74 Å². The summed E-state index contributed by atoms with van der Waals surface area (Å²) in [5.74, 6) is 1.33. The van der Waals surface area contributed by atoms with Crippen LogP contribution in [0.25, 0.3) is 33.3 Å². The highest BCUT2D eigenvalue weighted by atomic mass is 32.2. The van der Waals surface area contributed by atoms with Gasteiger partial charge in [-0.25, -0.2) is 0 Å². The normalized spacial score (nSPS) is 17.5. The molecule has 3 heterocycles. The molecule has 0 bridgehead atoms. The van der Waals surface area contributed by atoms with Crippen LogP contribution in [0.5, 0.6) is 11.5 Å². The fraction of sp³-hybridized carbons (Fsp3) is 0.370. The van der Waals surface area contributed by atoms with Gasteiger partial charge >= 0.3 is 0 Å². The molecule has 4 aromatic rings. The zero-order valence-corrected chi connectivity index (χ0v) is 21.0. The van der Waals surface area contributed by atoms with Crippen LogP contribution in [0, 0.1) is 0 Å². The minimum absolute atomic E-state index is 0.177. The van der Waals surface area contributed by atoms with Gasteiger partial charge in [0.1, 0.15) is 17.0 Å². The number of phenolic OH excluding ortho intramolecular Hbond substituents is 1. The zero-order valence-electron chi connectivity index (χ0n) is 20.2. The number of fused-ring (bicyclic) bond motifs is 1. The Hall–Kier alpha value is -3.10. The molecule has 0 unspecified atom stereocenters. The third-order valence-electron chi connectivity index (χ3n) is 7.33. The van der Waals surface area contributed by atoms with E-state index in [1.54, 1.807) is 17.9 Å². The SMILES string of the molecule is COc1cc(-c2ccc(-c3ccc(C4CN(CC5(SC)CC5)C4)nn3)c(O)c2)cc2cn(C)nc12. The van der Waals surface area contributed by atoms with Gasteiger partial charge in [0.25, 0.3) is 0 Å². The fourth-order valence-corrected chi connectivity index (χ4v) is 5.86. The molecular formula is C27H29N5O2S. The number of likely N-dealkylation sites (tertiary alicyclic amines) is 1. The summed E-state index contributed by atoms with van der Waals surface area (Å²) in [5, 5.41) is 25.2. The third kappa shape index (κ3) is 4.15. The number of nitrogens with zero attached hydrogens (tertiary/aromatic N) is 5. The monoisotopic (exact) mass is 487 g/mol. The van der Waals surface area contributed by atoms with Crippen LogP contribution in [-0.2, 0) is 7.05 Å². The highest BCUT2D eigenvalue weighted by Gasteiger charge is 2.45. The number of rotatable bonds is 7. The van der Waals surface area contributed by atoms with Crippen molar-refractivity contribution in [2.45, 2.75) is 23.5 Å². The maximum Gasteiger partial charge on any atom is 0.147 e. The van der Waals surface area contributed by atoms with Gasteiger partial charge in [-0.1, -0.05) is 6.07 Å². The smallest absolute Gasteiger partial charge is 0.147 e. The van der Waals surface area contributed by atoms with Gasteiger partial charge in [-0.3, -0.25) is 4.68 Å². The molecular weight excluding hydrogens is 458 g/mol. The quantitative estimate of drug-likeness (QED) is 0.405. The number of ether oxygens (including phenoxy) is 1. The second-order valence-electron chi connectivity index (χ2n) is 9.77. The topological polar surface area (TPSA) is 76.3 Å². The fourth-order valence-electron chi connectivity index (χ4n) is 5.04. The number of phenols is 1. The average molecular weight is 488 g/mol. The van der Waals surface area contributed by atoms with E-state index in [9.17, 15) is 5.11 Å². The van der Waals surface area contributed by atoms with Crippen LogP contribution in [0.3, 0.4) is 0 Å². The lowest BCUT2D eigenvalue weighted by Crippen LogP contribution is -2.48. The summed E-state index contributed by atoms with van der Waals surface area (Å²) < 4.78 is 7.83. The van der Waals surface area contributed by atoms with E-state index in [0.717, 1.165) is 40.8 Å². The van der Waals surface area contributed by atoms with Gasteiger partial charge in [-0.15, -0.1) is 0 Å². The summed E-state index contributed by atoms with van der Waals surface area (Å²) >= 11 is 2.01. The molecule has 6 rings (SSSR count). The Kier molecular flexibility index (Phi) is 5.45. The number of benzene rings is 2. The van der Waals surface area contributed by atoms with Crippen LogP contribution in [0.2, 0.25) is 0 Å². The number of hydrogen-bond acceptors (Lipinski definition) is 7. The Morgan fingerprint density at radius 3 is 2.57 bits per heavy atom. The van der Waals surface area contributed by atoms with Crippen LogP contribution < -0.4 is 4.74 Å². The average Bonchev–Trinajstić information content (AvgIpc) is 3.52. The summed E-state index contributed by atoms with van der Waals surface area (Å²) in [6.07, 6.45) is 6.88. The first-order valence-corrected chi connectivity index (χ1v) is 13.2. The maximum absolute atomic E-state index is 10.8. The number of thioether (sulfide) groups is 1. The molecule has 180 valence electrons. The summed E-state index contributed by atoms with van der Waals surface area (Å²) in [6.45, 7) is 3.30. The van der Waals surface area contributed by atoms with E-state index >= 15 is 0 Å². The first-order chi connectivity index (χ1) is 17.0. The molecule has 2 aliphatic rings. The first kappa shape index (κ1) is 22.4. The van der Waals surface area contributed by atoms with E-state index in [2.05, 4.69) is 38.6 Å². The molecule has 0 spiro atoms. The second kappa shape index (κ2) is 8.53. The molecule has 0 radical (unpaired) electrons. The number of aryl methyl sites for hydroxylation is 1. The van der Waals surface area contributed by atoms with Crippen molar-refractivity contribution in [1.82, 2.24) is 24.9 Å². The molecule has 7 nitrogen and oxygen atoms in total. The van der Waals surface area contributed by atoms with Crippen LogP contribution in [0.4, 0.5) is 0 Å². The summed E-state index contributed by atoms with van der Waals surface area (Å²) in [5.41, 5.74) is 5.05. The van der Waals surface area contributed by atoms with E-state index in [1.165, 1.54) is 19.4 Å². The maximum atomic E-state index is 10.8. The van der Waals surface area contributed by atoms with Gasteiger partial charge in [0.15, 0.2) is 0 Å². The van der Waals surface area contributed by atoms with Gasteiger partial charge < -0.3 is 14.7 Å². The summed E-state index contributed by atoms with van der Waals surface area (Å²) in [4.78, 5) is 2.53. The molecule has 1 aliphatic carbocycles. The molecule has 0 amide bonds. The minimum atomic E-state index is 0.177. The zero-order chi connectivity index (χ0) is 24.2. The summed E-state index contributed by atoms with van der Waals surface area (Å²) in [7, 11) is 3.53.